The van der Waals surface area contributed by atoms with E-state index in [0.717, 1.165) is 50.1 Å². The van der Waals surface area contributed by atoms with Crippen molar-refractivity contribution in [2.45, 2.75) is 0 Å². The topological polar surface area (TPSA) is 56.5 Å². The second kappa shape index (κ2) is 11.6. The molecular weight excluding hydrogens is 631 g/mol. The molecule has 4 heterocycles. The predicted molar refractivity (Wildman–Crippen MR) is 207 cm³/mol. The van der Waals surface area contributed by atoms with Crippen LogP contribution in [0.25, 0.3) is 93.2 Å². The molecule has 0 fully saturated rings. The molecular formula is C44H27N5S. The largest absolute Gasteiger partial charge is 0.308 e. The van der Waals surface area contributed by atoms with Crippen LogP contribution in [0.2, 0.25) is 0 Å². The molecule has 0 radical (unpaired) electrons. The van der Waals surface area contributed by atoms with Gasteiger partial charge in [-0.05, 0) is 24.3 Å². The fourth-order valence-corrected chi connectivity index (χ4v) is 8.12. The Morgan fingerprint density at radius 1 is 0.420 bits per heavy atom. The van der Waals surface area contributed by atoms with Gasteiger partial charge in [0, 0.05) is 48.8 Å². The molecule has 50 heavy (non-hydrogen) atoms. The fourth-order valence-electron chi connectivity index (χ4n) is 6.93. The summed E-state index contributed by atoms with van der Waals surface area (Å²) in [5.41, 5.74) is 9.29. The molecule has 0 saturated heterocycles. The summed E-state index contributed by atoms with van der Waals surface area (Å²) in [4.78, 5) is 20.3. The second-order valence-electron chi connectivity index (χ2n) is 12.3. The fraction of sp³-hybridized carbons (Fsp3) is 0. The molecule has 0 bridgehead atoms. The summed E-state index contributed by atoms with van der Waals surface area (Å²) in [7, 11) is 0. The van der Waals surface area contributed by atoms with Crippen molar-refractivity contribution in [2.75, 3.05) is 0 Å². The Bertz CT molecular complexity index is 2780. The number of nitrogens with zero attached hydrogens (tertiary/aromatic N) is 5. The normalized spacial score (nSPS) is 11.6. The molecule has 0 aliphatic rings. The molecule has 0 saturated carbocycles. The van der Waals surface area contributed by atoms with E-state index in [1.54, 1.807) is 0 Å². The minimum absolute atomic E-state index is 0.627. The smallest absolute Gasteiger partial charge is 0.164 e. The van der Waals surface area contributed by atoms with Crippen LogP contribution >= 0.6 is 11.3 Å². The molecule has 4 aromatic heterocycles. The van der Waals surface area contributed by atoms with Crippen molar-refractivity contribution in [2.24, 2.45) is 0 Å². The standard InChI is InChI=1S/C44H27N5S/c1-4-14-29(15-5-1)42-46-43(30-16-6-2-7-17-30)48-44(47-42)31-26-24-28(25-27-31)38-37-33-20-10-12-22-35(33)49(32-18-8-3-9-19-32)40(37)41-39(45-38)34-21-11-13-23-36(34)50-41/h1-27H. The van der Waals surface area contributed by atoms with Gasteiger partial charge in [0.1, 0.15) is 0 Å². The van der Waals surface area contributed by atoms with E-state index in [1.165, 1.54) is 25.7 Å². The summed E-state index contributed by atoms with van der Waals surface area (Å²) in [6.07, 6.45) is 0. The minimum Gasteiger partial charge on any atom is -0.308 e. The third kappa shape index (κ3) is 4.61. The average Bonchev–Trinajstić information content (AvgIpc) is 3.75. The molecule has 0 N–H and O–H groups in total. The number of thiophene rings is 1. The van der Waals surface area contributed by atoms with Crippen LogP contribution in [-0.2, 0) is 0 Å². The monoisotopic (exact) mass is 657 g/mol. The lowest BCUT2D eigenvalue weighted by molar-refractivity contribution is 1.07. The molecule has 5 nitrogen and oxygen atoms in total. The van der Waals surface area contributed by atoms with Crippen molar-refractivity contribution < 1.29 is 0 Å². The van der Waals surface area contributed by atoms with Gasteiger partial charge in [0.2, 0.25) is 0 Å². The van der Waals surface area contributed by atoms with Crippen molar-refractivity contribution in [3.8, 4) is 51.1 Å². The Morgan fingerprint density at radius 3 is 1.56 bits per heavy atom. The number of hydrogen-bond acceptors (Lipinski definition) is 5. The van der Waals surface area contributed by atoms with Gasteiger partial charge in [0.05, 0.1) is 26.9 Å². The average molecular weight is 658 g/mol. The zero-order chi connectivity index (χ0) is 33.0. The van der Waals surface area contributed by atoms with Crippen LogP contribution in [0.4, 0.5) is 0 Å². The van der Waals surface area contributed by atoms with Crippen LogP contribution in [0.1, 0.15) is 0 Å². The van der Waals surface area contributed by atoms with Gasteiger partial charge in [-0.15, -0.1) is 11.3 Å². The van der Waals surface area contributed by atoms with Crippen LogP contribution in [0.3, 0.4) is 0 Å². The van der Waals surface area contributed by atoms with Crippen LogP contribution < -0.4 is 0 Å². The summed E-state index contributed by atoms with van der Waals surface area (Å²) in [6, 6.07) is 56.6. The van der Waals surface area contributed by atoms with Gasteiger partial charge >= 0.3 is 0 Å². The molecule has 0 aliphatic heterocycles. The van der Waals surface area contributed by atoms with E-state index in [-0.39, 0.29) is 0 Å². The van der Waals surface area contributed by atoms with Crippen LogP contribution in [0, 0.1) is 0 Å². The molecule has 234 valence electrons. The Labute approximate surface area is 291 Å². The summed E-state index contributed by atoms with van der Waals surface area (Å²) < 4.78 is 4.82. The number of para-hydroxylation sites is 2. The number of rotatable bonds is 5. The maximum atomic E-state index is 5.48. The highest BCUT2D eigenvalue weighted by Gasteiger charge is 2.23. The highest BCUT2D eigenvalue weighted by Crippen LogP contribution is 2.45. The highest BCUT2D eigenvalue weighted by molar-refractivity contribution is 7.26. The van der Waals surface area contributed by atoms with Crippen molar-refractivity contribution in [3.63, 3.8) is 0 Å². The van der Waals surface area contributed by atoms with Gasteiger partial charge in [0.25, 0.3) is 0 Å². The molecule has 6 aromatic carbocycles. The number of hydrogen-bond donors (Lipinski definition) is 0. The van der Waals surface area contributed by atoms with Crippen LogP contribution in [0.15, 0.2) is 164 Å². The van der Waals surface area contributed by atoms with E-state index in [9.17, 15) is 0 Å². The van der Waals surface area contributed by atoms with E-state index in [1.807, 2.05) is 72.0 Å². The van der Waals surface area contributed by atoms with Crippen molar-refractivity contribution in [1.82, 2.24) is 24.5 Å². The maximum Gasteiger partial charge on any atom is 0.164 e. The third-order valence-corrected chi connectivity index (χ3v) is 10.4. The third-order valence-electron chi connectivity index (χ3n) is 9.25. The SMILES string of the molecule is c1ccc(-c2nc(-c3ccccc3)nc(-c3ccc(-c4nc5c6ccccc6sc5c5c4c4ccccc4n5-c4ccccc4)cc3)n2)cc1. The Hall–Kier alpha value is -6.50. The number of pyridine rings is 1. The van der Waals surface area contributed by atoms with Gasteiger partial charge in [-0.1, -0.05) is 140 Å². The minimum atomic E-state index is 0.627. The predicted octanol–water partition coefficient (Wildman–Crippen LogP) is 11.4. The van der Waals surface area contributed by atoms with Crippen molar-refractivity contribution in [3.05, 3.63) is 164 Å². The van der Waals surface area contributed by atoms with E-state index in [0.29, 0.717) is 17.5 Å². The van der Waals surface area contributed by atoms with Crippen LogP contribution in [0.5, 0.6) is 0 Å². The van der Waals surface area contributed by atoms with Crippen LogP contribution in [-0.4, -0.2) is 24.5 Å². The molecule has 0 aliphatic carbocycles. The van der Waals surface area contributed by atoms with Gasteiger partial charge in [-0.2, -0.15) is 0 Å². The number of aromatic nitrogens is 5. The number of benzene rings is 6. The lowest BCUT2D eigenvalue weighted by atomic mass is 10.0. The molecule has 0 atom stereocenters. The lowest BCUT2D eigenvalue weighted by Crippen LogP contribution is -2.00. The summed E-state index contributed by atoms with van der Waals surface area (Å²) in [5.74, 6) is 1.91. The number of fused-ring (bicyclic) bond motifs is 7. The molecule has 6 heteroatoms. The first-order valence-electron chi connectivity index (χ1n) is 16.6. The highest BCUT2D eigenvalue weighted by atomic mass is 32.1. The first kappa shape index (κ1) is 28.5. The van der Waals surface area contributed by atoms with Crippen molar-refractivity contribution in [1.29, 1.82) is 0 Å². The van der Waals surface area contributed by atoms with E-state index >= 15 is 0 Å². The summed E-state index contributed by atoms with van der Waals surface area (Å²) in [6.45, 7) is 0. The van der Waals surface area contributed by atoms with E-state index in [4.69, 9.17) is 19.9 Å². The van der Waals surface area contributed by atoms with E-state index in [2.05, 4.69) is 108 Å². The maximum absolute atomic E-state index is 5.48. The van der Waals surface area contributed by atoms with Gasteiger partial charge in [-0.3, -0.25) is 0 Å². The molecule has 0 unspecified atom stereocenters. The first-order valence-corrected chi connectivity index (χ1v) is 17.4. The van der Waals surface area contributed by atoms with Crippen molar-refractivity contribution >= 4 is 53.4 Å². The molecule has 0 amide bonds. The molecule has 10 rings (SSSR count). The second-order valence-corrected chi connectivity index (χ2v) is 13.3. The zero-order valence-corrected chi connectivity index (χ0v) is 27.5. The summed E-state index contributed by atoms with van der Waals surface area (Å²) >= 11 is 1.81. The Kier molecular flexibility index (Phi) is 6.60. The van der Waals surface area contributed by atoms with Gasteiger partial charge < -0.3 is 4.57 Å². The van der Waals surface area contributed by atoms with E-state index < -0.39 is 0 Å². The first-order chi connectivity index (χ1) is 24.8. The lowest BCUT2D eigenvalue weighted by Gasteiger charge is -2.11. The Balaban J connectivity index is 1.21. The van der Waals surface area contributed by atoms with Gasteiger partial charge in [0.15, 0.2) is 17.5 Å². The molecule has 0 spiro atoms. The quantitative estimate of drug-likeness (QED) is 0.185. The summed E-state index contributed by atoms with van der Waals surface area (Å²) in [5, 5.41) is 3.49. The molecule has 10 aromatic rings. The zero-order valence-electron chi connectivity index (χ0n) is 26.7. The van der Waals surface area contributed by atoms with Gasteiger partial charge in [-0.25, -0.2) is 19.9 Å². The Morgan fingerprint density at radius 2 is 0.920 bits per heavy atom.